The van der Waals surface area contributed by atoms with E-state index < -0.39 is 5.82 Å². The van der Waals surface area contributed by atoms with Crippen LogP contribution >= 0.6 is 0 Å². The molecule has 0 radical (unpaired) electrons. The number of aryl methyl sites for hydroxylation is 1. The van der Waals surface area contributed by atoms with Crippen LogP contribution in [-0.4, -0.2) is 77.0 Å². The van der Waals surface area contributed by atoms with Gasteiger partial charge < -0.3 is 24.7 Å². The standard InChI is InChI=1S/C31H45FN4O4/c1-2-23-17-33-31(34-18-23)35-12-10-24(11-13-35)7-4-14-40-28-9-8-27(29(32)16-28)15-30(39)36-19-25(20-36)5-3-6-26(21-37)22-38/h8-9,16-18,24-26,37-38H,2-7,10-15,19-22H2,1H3. The van der Waals surface area contributed by atoms with Crippen molar-refractivity contribution in [3.8, 4) is 5.75 Å². The Morgan fingerprint density at radius 3 is 2.42 bits per heavy atom. The first-order valence-corrected chi connectivity index (χ1v) is 15.0. The highest BCUT2D eigenvalue weighted by molar-refractivity contribution is 5.79. The van der Waals surface area contributed by atoms with Crippen LogP contribution in [0.1, 0.15) is 63.0 Å². The molecule has 3 heterocycles. The number of amides is 1. The molecule has 4 rings (SSSR count). The van der Waals surface area contributed by atoms with Crippen molar-refractivity contribution >= 4 is 11.9 Å². The number of rotatable bonds is 15. The molecule has 0 atom stereocenters. The van der Waals surface area contributed by atoms with Gasteiger partial charge in [0, 0.05) is 63.8 Å². The zero-order valence-electron chi connectivity index (χ0n) is 23.8. The summed E-state index contributed by atoms with van der Waals surface area (Å²) in [6, 6.07) is 4.81. The summed E-state index contributed by atoms with van der Waals surface area (Å²) >= 11 is 0. The number of halogens is 1. The molecular weight excluding hydrogens is 511 g/mol. The Morgan fingerprint density at radius 2 is 1.77 bits per heavy atom. The summed E-state index contributed by atoms with van der Waals surface area (Å²) in [4.78, 5) is 25.6. The zero-order chi connectivity index (χ0) is 28.3. The molecule has 2 N–H and O–H groups in total. The maximum Gasteiger partial charge on any atom is 0.227 e. The van der Waals surface area contributed by atoms with Crippen LogP contribution in [0.4, 0.5) is 10.3 Å². The van der Waals surface area contributed by atoms with Crippen molar-refractivity contribution in [3.63, 3.8) is 0 Å². The second-order valence-corrected chi connectivity index (χ2v) is 11.4. The van der Waals surface area contributed by atoms with Gasteiger partial charge in [-0.05, 0) is 74.0 Å². The molecule has 2 aromatic rings. The Kier molecular flexibility index (Phi) is 11.5. The maximum absolute atomic E-state index is 14.7. The maximum atomic E-state index is 14.7. The quantitative estimate of drug-likeness (QED) is 0.320. The smallest absolute Gasteiger partial charge is 0.227 e. The van der Waals surface area contributed by atoms with E-state index in [9.17, 15) is 9.18 Å². The molecule has 40 heavy (non-hydrogen) atoms. The second-order valence-electron chi connectivity index (χ2n) is 11.4. The van der Waals surface area contributed by atoms with Gasteiger partial charge in [-0.2, -0.15) is 0 Å². The van der Waals surface area contributed by atoms with Crippen molar-refractivity contribution in [2.45, 2.75) is 64.7 Å². The van der Waals surface area contributed by atoms with E-state index in [-0.39, 0.29) is 31.5 Å². The highest BCUT2D eigenvalue weighted by atomic mass is 19.1. The Balaban J connectivity index is 1.09. The monoisotopic (exact) mass is 556 g/mol. The molecule has 0 spiro atoms. The number of carbonyl (C=O) groups is 1. The first-order valence-electron chi connectivity index (χ1n) is 15.0. The summed E-state index contributed by atoms with van der Waals surface area (Å²) < 4.78 is 20.5. The van der Waals surface area contributed by atoms with Crippen LogP contribution < -0.4 is 9.64 Å². The van der Waals surface area contributed by atoms with Gasteiger partial charge in [-0.15, -0.1) is 0 Å². The molecule has 0 unspecified atom stereocenters. The third-order valence-electron chi connectivity index (χ3n) is 8.44. The predicted molar refractivity (Wildman–Crippen MR) is 153 cm³/mol. The topological polar surface area (TPSA) is 99.0 Å². The second kappa shape index (κ2) is 15.3. The fourth-order valence-electron chi connectivity index (χ4n) is 5.61. The number of likely N-dealkylation sites (tertiary alicyclic amines) is 1. The highest BCUT2D eigenvalue weighted by Crippen LogP contribution is 2.26. The number of aliphatic hydroxyl groups excluding tert-OH is 2. The lowest BCUT2D eigenvalue weighted by molar-refractivity contribution is -0.137. The molecule has 1 aromatic heterocycles. The van der Waals surface area contributed by atoms with Crippen LogP contribution in [0.15, 0.2) is 30.6 Å². The molecule has 2 aliphatic rings. The predicted octanol–water partition coefficient (Wildman–Crippen LogP) is 4.03. The van der Waals surface area contributed by atoms with Gasteiger partial charge in [0.15, 0.2) is 0 Å². The number of aromatic nitrogens is 2. The molecule has 2 aliphatic heterocycles. The third kappa shape index (κ3) is 8.61. The molecule has 0 aliphatic carbocycles. The van der Waals surface area contributed by atoms with Crippen molar-refractivity contribution in [3.05, 3.63) is 47.5 Å². The third-order valence-corrected chi connectivity index (χ3v) is 8.44. The van der Waals surface area contributed by atoms with Crippen molar-refractivity contribution in [1.82, 2.24) is 14.9 Å². The summed E-state index contributed by atoms with van der Waals surface area (Å²) in [6.45, 7) is 6.00. The normalized spacial score (nSPS) is 16.4. The Hall–Kier alpha value is -2.78. The summed E-state index contributed by atoms with van der Waals surface area (Å²) in [5.74, 6) is 1.92. The van der Waals surface area contributed by atoms with Crippen molar-refractivity contribution in [2.24, 2.45) is 17.8 Å². The van der Waals surface area contributed by atoms with Crippen LogP contribution in [0.2, 0.25) is 0 Å². The average Bonchev–Trinajstić information content (AvgIpc) is 2.96. The van der Waals surface area contributed by atoms with E-state index in [0.717, 1.165) is 76.0 Å². The Labute approximate surface area is 237 Å². The van der Waals surface area contributed by atoms with E-state index in [2.05, 4.69) is 21.8 Å². The van der Waals surface area contributed by atoms with E-state index in [1.54, 1.807) is 17.0 Å². The average molecular weight is 557 g/mol. The molecule has 2 fully saturated rings. The Morgan fingerprint density at radius 1 is 1.07 bits per heavy atom. The highest BCUT2D eigenvalue weighted by Gasteiger charge is 2.30. The van der Waals surface area contributed by atoms with Crippen LogP contribution in [-0.2, 0) is 17.6 Å². The SMILES string of the molecule is CCc1cnc(N2CCC(CCCOc3ccc(CC(=O)N4CC(CCCC(CO)CO)C4)c(F)c3)CC2)nc1. The number of ether oxygens (including phenoxy) is 1. The Bertz CT molecular complexity index is 1050. The minimum atomic E-state index is -0.400. The minimum Gasteiger partial charge on any atom is -0.493 e. The van der Waals surface area contributed by atoms with Crippen LogP contribution in [0.5, 0.6) is 5.75 Å². The minimum absolute atomic E-state index is 0.00647. The van der Waals surface area contributed by atoms with Gasteiger partial charge in [0.1, 0.15) is 11.6 Å². The number of hydrogen-bond acceptors (Lipinski definition) is 7. The lowest BCUT2D eigenvalue weighted by atomic mass is 9.91. The summed E-state index contributed by atoms with van der Waals surface area (Å²) in [7, 11) is 0. The first-order chi connectivity index (χ1) is 19.5. The van der Waals surface area contributed by atoms with Crippen molar-refractivity contribution < 1.29 is 24.1 Å². The molecule has 220 valence electrons. The number of nitrogens with zero attached hydrogens (tertiary/aromatic N) is 4. The lowest BCUT2D eigenvalue weighted by Crippen LogP contribution is -2.50. The van der Waals surface area contributed by atoms with E-state index in [4.69, 9.17) is 14.9 Å². The first kappa shape index (κ1) is 30.2. The van der Waals surface area contributed by atoms with Crippen molar-refractivity contribution in [1.29, 1.82) is 0 Å². The van der Waals surface area contributed by atoms with Gasteiger partial charge in [-0.1, -0.05) is 19.4 Å². The van der Waals surface area contributed by atoms with E-state index in [1.165, 1.54) is 6.07 Å². The summed E-state index contributed by atoms with van der Waals surface area (Å²) in [5, 5.41) is 18.3. The van der Waals surface area contributed by atoms with E-state index in [0.29, 0.717) is 42.8 Å². The summed E-state index contributed by atoms with van der Waals surface area (Å²) in [6.07, 6.45) is 11.8. The number of piperidine rings is 1. The molecule has 9 heteroatoms. The molecule has 8 nitrogen and oxygen atoms in total. The van der Waals surface area contributed by atoms with Crippen molar-refractivity contribution in [2.75, 3.05) is 50.9 Å². The molecular formula is C31H45FN4O4. The van der Waals surface area contributed by atoms with Gasteiger partial charge in [-0.3, -0.25) is 4.79 Å². The summed E-state index contributed by atoms with van der Waals surface area (Å²) in [5.41, 5.74) is 1.55. The number of anilines is 1. The van der Waals surface area contributed by atoms with Gasteiger partial charge in [0.05, 0.1) is 13.0 Å². The van der Waals surface area contributed by atoms with Crippen LogP contribution in [0.3, 0.4) is 0 Å². The number of carbonyl (C=O) groups excluding carboxylic acids is 1. The fourth-order valence-corrected chi connectivity index (χ4v) is 5.61. The van der Waals surface area contributed by atoms with Gasteiger partial charge in [0.2, 0.25) is 11.9 Å². The number of hydrogen-bond donors (Lipinski definition) is 2. The molecule has 1 aromatic carbocycles. The number of benzene rings is 1. The molecule has 2 saturated heterocycles. The van der Waals surface area contributed by atoms with Crippen LogP contribution in [0.25, 0.3) is 0 Å². The zero-order valence-corrected chi connectivity index (χ0v) is 23.8. The molecule has 0 bridgehead atoms. The van der Waals surface area contributed by atoms with E-state index >= 15 is 0 Å². The van der Waals surface area contributed by atoms with Crippen LogP contribution in [0, 0.1) is 23.6 Å². The fraction of sp³-hybridized carbons (Fsp3) is 0.645. The van der Waals surface area contributed by atoms with Gasteiger partial charge >= 0.3 is 0 Å². The molecule has 0 saturated carbocycles. The van der Waals surface area contributed by atoms with Gasteiger partial charge in [-0.25, -0.2) is 14.4 Å². The molecule has 1 amide bonds. The van der Waals surface area contributed by atoms with E-state index in [1.807, 2.05) is 12.4 Å². The largest absolute Gasteiger partial charge is 0.493 e. The lowest BCUT2D eigenvalue weighted by Gasteiger charge is -2.39. The number of aliphatic hydroxyl groups is 2. The van der Waals surface area contributed by atoms with Gasteiger partial charge in [0.25, 0.3) is 0 Å².